The van der Waals surface area contributed by atoms with Gasteiger partial charge in [-0.1, -0.05) is 29.8 Å². The molecule has 1 saturated heterocycles. The van der Waals surface area contributed by atoms with E-state index in [2.05, 4.69) is 5.32 Å². The average molecular weight is 519 g/mol. The van der Waals surface area contributed by atoms with Crippen molar-refractivity contribution in [3.05, 3.63) is 90.7 Å². The minimum Gasteiger partial charge on any atom is -0.462 e. The van der Waals surface area contributed by atoms with Gasteiger partial charge in [-0.05, 0) is 25.0 Å². The van der Waals surface area contributed by atoms with E-state index >= 15 is 8.78 Å². The largest absolute Gasteiger partial charge is 0.462 e. The summed E-state index contributed by atoms with van der Waals surface area (Å²) >= 11 is 6.34. The van der Waals surface area contributed by atoms with Crippen LogP contribution in [0.2, 0.25) is 5.02 Å². The lowest BCUT2D eigenvalue weighted by Gasteiger charge is -2.18. The summed E-state index contributed by atoms with van der Waals surface area (Å²) in [6, 6.07) is 6.07. The number of aromatic nitrogens is 2. The number of aryl methyl sites for hydroxylation is 1. The third-order valence-electron chi connectivity index (χ3n) is 5.67. The first kappa shape index (κ1) is 25.1. The van der Waals surface area contributed by atoms with Crippen LogP contribution in [-0.2, 0) is 11.3 Å². The molecule has 2 aromatic carbocycles. The lowest BCUT2D eigenvalue weighted by atomic mass is 10.1. The van der Waals surface area contributed by atoms with Gasteiger partial charge in [-0.15, -0.1) is 0 Å². The van der Waals surface area contributed by atoms with Gasteiger partial charge in [0.15, 0.2) is 11.6 Å². The van der Waals surface area contributed by atoms with Crippen molar-refractivity contribution < 1.29 is 23.1 Å². The average Bonchev–Trinajstić information content (AvgIpc) is 3.24. The van der Waals surface area contributed by atoms with Crippen LogP contribution in [0.5, 0.6) is 0 Å². The van der Waals surface area contributed by atoms with Gasteiger partial charge in [0.05, 0.1) is 18.8 Å². The summed E-state index contributed by atoms with van der Waals surface area (Å²) in [5.41, 5.74) is -2.16. The molecule has 0 atom stereocenters. The Morgan fingerprint density at radius 3 is 2.47 bits per heavy atom. The first-order valence-electron chi connectivity index (χ1n) is 11.0. The van der Waals surface area contributed by atoms with Gasteiger partial charge in [0.25, 0.3) is 5.56 Å². The molecule has 0 aliphatic carbocycles. The van der Waals surface area contributed by atoms with Crippen LogP contribution in [0.4, 0.5) is 19.3 Å². The molecule has 3 aromatic rings. The van der Waals surface area contributed by atoms with Crippen LogP contribution in [0, 0.1) is 18.6 Å². The van der Waals surface area contributed by atoms with E-state index in [9.17, 15) is 19.2 Å². The number of hydrogen-bond donors (Lipinski definition) is 1. The molecule has 0 spiro atoms. The van der Waals surface area contributed by atoms with Crippen LogP contribution < -0.4 is 21.5 Å². The van der Waals surface area contributed by atoms with E-state index in [1.807, 2.05) is 0 Å². The molecule has 0 unspecified atom stereocenters. The molecule has 0 saturated carbocycles. The van der Waals surface area contributed by atoms with Crippen LogP contribution in [0.25, 0.3) is 5.69 Å². The maximum absolute atomic E-state index is 15.0. The summed E-state index contributed by atoms with van der Waals surface area (Å²) in [6.45, 7) is 3.21. The fourth-order valence-electron chi connectivity index (χ4n) is 3.91. The zero-order valence-electron chi connectivity index (χ0n) is 19.3. The van der Waals surface area contributed by atoms with E-state index in [-0.39, 0.29) is 31.9 Å². The van der Waals surface area contributed by atoms with Gasteiger partial charge in [-0.3, -0.25) is 18.8 Å². The zero-order valence-corrected chi connectivity index (χ0v) is 20.1. The monoisotopic (exact) mass is 518 g/mol. The maximum atomic E-state index is 15.0. The van der Waals surface area contributed by atoms with E-state index in [0.29, 0.717) is 16.1 Å². The molecular formula is C24H21ClF2N4O5. The Kier molecular flexibility index (Phi) is 6.93. The zero-order chi connectivity index (χ0) is 26.1. The van der Waals surface area contributed by atoms with Crippen LogP contribution in [0.15, 0.2) is 46.1 Å². The van der Waals surface area contributed by atoms with E-state index in [0.717, 1.165) is 32.4 Å². The van der Waals surface area contributed by atoms with Gasteiger partial charge in [-0.25, -0.2) is 23.2 Å². The fourth-order valence-corrected chi connectivity index (χ4v) is 4.10. The second kappa shape index (κ2) is 9.94. The summed E-state index contributed by atoms with van der Waals surface area (Å²) in [5.74, 6) is -3.22. The number of urea groups is 1. The molecule has 1 fully saturated rings. The number of ether oxygens (including phenoxy) is 1. The maximum Gasteiger partial charge on any atom is 0.345 e. The topological polar surface area (TPSA) is 103 Å². The Labute approximate surface area is 208 Å². The van der Waals surface area contributed by atoms with Gasteiger partial charge in [0, 0.05) is 36.4 Å². The lowest BCUT2D eigenvalue weighted by molar-refractivity contribution is 0.0522. The summed E-state index contributed by atoms with van der Waals surface area (Å²) in [5, 5.41) is 2.77. The first-order valence-corrected chi connectivity index (χ1v) is 11.3. The Bertz CT molecular complexity index is 1480. The number of halogens is 3. The van der Waals surface area contributed by atoms with Crippen molar-refractivity contribution >= 4 is 29.3 Å². The number of esters is 1. The fraction of sp³-hybridized carbons (Fsp3) is 0.250. The highest BCUT2D eigenvalue weighted by Crippen LogP contribution is 2.27. The van der Waals surface area contributed by atoms with Crippen molar-refractivity contribution in [2.24, 2.45) is 0 Å². The molecular weight excluding hydrogens is 498 g/mol. The van der Waals surface area contributed by atoms with Gasteiger partial charge < -0.3 is 10.1 Å². The highest BCUT2D eigenvalue weighted by atomic mass is 35.5. The van der Waals surface area contributed by atoms with Gasteiger partial charge in [0.2, 0.25) is 0 Å². The van der Waals surface area contributed by atoms with E-state index in [1.54, 1.807) is 25.1 Å². The Balaban J connectivity index is 1.91. The van der Waals surface area contributed by atoms with E-state index < -0.39 is 46.1 Å². The number of benzene rings is 2. The SMILES string of the molecule is CCOC(=O)c1cn(-c2cc(F)c(N3CCNC3=O)c(F)c2)c(=O)n(Cc2cccc(C)c2Cl)c1=O. The van der Waals surface area contributed by atoms with E-state index in [4.69, 9.17) is 16.3 Å². The highest BCUT2D eigenvalue weighted by molar-refractivity contribution is 6.32. The number of amides is 2. The van der Waals surface area contributed by atoms with Crippen LogP contribution >= 0.6 is 11.6 Å². The smallest absolute Gasteiger partial charge is 0.345 e. The van der Waals surface area contributed by atoms with Crippen LogP contribution in [0.1, 0.15) is 28.4 Å². The minimum atomic E-state index is -1.11. The second-order valence-electron chi connectivity index (χ2n) is 8.00. The lowest BCUT2D eigenvalue weighted by Crippen LogP contribution is -2.42. The summed E-state index contributed by atoms with van der Waals surface area (Å²) < 4.78 is 36.5. The molecule has 1 aromatic heterocycles. The van der Waals surface area contributed by atoms with Crippen molar-refractivity contribution in [1.29, 1.82) is 0 Å². The van der Waals surface area contributed by atoms with Crippen molar-refractivity contribution in [3.8, 4) is 5.69 Å². The third kappa shape index (κ3) is 4.49. The van der Waals surface area contributed by atoms with Gasteiger partial charge in [-0.2, -0.15) is 0 Å². The molecule has 0 radical (unpaired) electrons. The molecule has 4 rings (SSSR count). The molecule has 188 valence electrons. The number of anilines is 1. The van der Waals surface area contributed by atoms with Gasteiger partial charge >= 0.3 is 17.7 Å². The predicted molar refractivity (Wildman–Crippen MR) is 128 cm³/mol. The third-order valence-corrected chi connectivity index (χ3v) is 6.21. The Morgan fingerprint density at radius 2 is 1.86 bits per heavy atom. The molecule has 1 aliphatic heterocycles. The summed E-state index contributed by atoms with van der Waals surface area (Å²) in [4.78, 5) is 51.8. The van der Waals surface area contributed by atoms with Crippen molar-refractivity contribution in [3.63, 3.8) is 0 Å². The molecule has 1 aliphatic rings. The Morgan fingerprint density at radius 1 is 1.17 bits per heavy atom. The molecule has 12 heteroatoms. The minimum absolute atomic E-state index is 0.0447. The standard InChI is InChI=1S/C24H21ClF2N4O5/c1-3-36-22(33)16-12-30(15-9-17(26)20(18(27)10-15)29-8-7-28-23(29)34)24(35)31(21(16)32)11-14-6-4-5-13(2)19(14)25/h4-6,9-10,12H,3,7-8,11H2,1-2H3,(H,28,34). The van der Waals surface area contributed by atoms with Gasteiger partial charge in [0.1, 0.15) is 11.3 Å². The highest BCUT2D eigenvalue weighted by Gasteiger charge is 2.28. The molecule has 2 amide bonds. The van der Waals surface area contributed by atoms with E-state index in [1.165, 1.54) is 6.92 Å². The molecule has 0 bridgehead atoms. The number of carbonyl (C=O) groups excluding carboxylic acids is 2. The number of nitrogens with zero attached hydrogens (tertiary/aromatic N) is 3. The number of nitrogens with one attached hydrogen (secondary N) is 1. The predicted octanol–water partition coefficient (Wildman–Crippen LogP) is 2.99. The second-order valence-corrected chi connectivity index (χ2v) is 8.37. The number of rotatable bonds is 6. The molecule has 2 heterocycles. The van der Waals surface area contributed by atoms with Crippen molar-refractivity contribution in [2.45, 2.75) is 20.4 Å². The van der Waals surface area contributed by atoms with Crippen LogP contribution in [-0.4, -0.2) is 40.8 Å². The van der Waals surface area contributed by atoms with Crippen molar-refractivity contribution in [2.75, 3.05) is 24.6 Å². The molecule has 1 N–H and O–H groups in total. The molecule has 9 nitrogen and oxygen atoms in total. The Hall–Kier alpha value is -3.99. The van der Waals surface area contributed by atoms with Crippen LogP contribution in [0.3, 0.4) is 0 Å². The van der Waals surface area contributed by atoms with Crippen molar-refractivity contribution in [1.82, 2.24) is 14.5 Å². The summed E-state index contributed by atoms with van der Waals surface area (Å²) in [7, 11) is 0. The quantitative estimate of drug-likeness (QED) is 0.505. The molecule has 36 heavy (non-hydrogen) atoms. The first-order chi connectivity index (χ1) is 17.1. The number of hydrogen-bond acceptors (Lipinski definition) is 5. The summed E-state index contributed by atoms with van der Waals surface area (Å²) in [6.07, 6.45) is 0.882. The normalized spacial score (nSPS) is 13.1. The number of carbonyl (C=O) groups is 2.